The molecule has 0 radical (unpaired) electrons. The van der Waals surface area contributed by atoms with Crippen molar-refractivity contribution in [2.45, 2.75) is 6.92 Å². The number of rotatable bonds is 4. The van der Waals surface area contributed by atoms with Gasteiger partial charge in [0.15, 0.2) is 0 Å². The summed E-state index contributed by atoms with van der Waals surface area (Å²) in [5.74, 6) is 0.215. The van der Waals surface area contributed by atoms with Gasteiger partial charge in [-0.05, 0) is 40.0 Å². The number of aliphatic hydroxyl groups excluding tert-OH is 1. The molecule has 0 spiro atoms. The lowest BCUT2D eigenvalue weighted by atomic mass is 10.2. The molecule has 0 heterocycles. The second-order valence-corrected chi connectivity index (χ2v) is 4.33. The van der Waals surface area contributed by atoms with Gasteiger partial charge in [-0.3, -0.25) is 0 Å². The largest absolute Gasteiger partial charge is 0.396 e. The van der Waals surface area contributed by atoms with Crippen LogP contribution < -0.4 is 5.32 Å². The van der Waals surface area contributed by atoms with Crippen LogP contribution >= 0.6 is 15.9 Å². The maximum atomic E-state index is 8.87. The third-order valence-corrected chi connectivity index (χ3v) is 2.71. The Hall–Kier alpha value is -1.05. The van der Waals surface area contributed by atoms with Crippen molar-refractivity contribution >= 4 is 21.6 Å². The molecule has 80 valence electrons. The van der Waals surface area contributed by atoms with Crippen molar-refractivity contribution in [3.8, 4) is 6.07 Å². The molecule has 1 unspecified atom stereocenters. The van der Waals surface area contributed by atoms with E-state index in [0.717, 1.165) is 10.2 Å². The van der Waals surface area contributed by atoms with Gasteiger partial charge in [0.1, 0.15) is 0 Å². The molecule has 0 aromatic heterocycles. The van der Waals surface area contributed by atoms with Gasteiger partial charge in [-0.15, -0.1) is 0 Å². The summed E-state index contributed by atoms with van der Waals surface area (Å²) in [4.78, 5) is 0. The van der Waals surface area contributed by atoms with Gasteiger partial charge in [0.25, 0.3) is 0 Å². The van der Waals surface area contributed by atoms with Crippen molar-refractivity contribution in [3.63, 3.8) is 0 Å². The van der Waals surface area contributed by atoms with Gasteiger partial charge in [-0.2, -0.15) is 5.26 Å². The lowest BCUT2D eigenvalue weighted by Gasteiger charge is -2.12. The smallest absolute Gasteiger partial charge is 0.0992 e. The molecular weight excluding hydrogens is 256 g/mol. The van der Waals surface area contributed by atoms with Crippen LogP contribution in [0.5, 0.6) is 0 Å². The van der Waals surface area contributed by atoms with E-state index in [0.29, 0.717) is 12.1 Å². The Balaban J connectivity index is 2.67. The molecule has 0 aliphatic carbocycles. The monoisotopic (exact) mass is 268 g/mol. The molecule has 1 aromatic rings. The molecule has 15 heavy (non-hydrogen) atoms. The molecule has 0 bridgehead atoms. The molecule has 0 aliphatic heterocycles. The summed E-state index contributed by atoms with van der Waals surface area (Å²) in [5, 5.41) is 20.8. The van der Waals surface area contributed by atoms with E-state index in [1.165, 1.54) is 0 Å². The number of benzene rings is 1. The second kappa shape index (κ2) is 5.74. The Morgan fingerprint density at radius 3 is 2.87 bits per heavy atom. The van der Waals surface area contributed by atoms with Gasteiger partial charge >= 0.3 is 0 Å². The quantitative estimate of drug-likeness (QED) is 0.882. The summed E-state index contributed by atoms with van der Waals surface area (Å²) in [5.41, 5.74) is 1.57. The maximum absolute atomic E-state index is 8.87. The lowest BCUT2D eigenvalue weighted by molar-refractivity contribution is 0.244. The van der Waals surface area contributed by atoms with E-state index in [4.69, 9.17) is 10.4 Å². The second-order valence-electron chi connectivity index (χ2n) is 3.48. The van der Waals surface area contributed by atoms with E-state index in [-0.39, 0.29) is 12.5 Å². The van der Waals surface area contributed by atoms with Gasteiger partial charge in [0, 0.05) is 23.3 Å². The minimum absolute atomic E-state index is 0.168. The molecule has 0 saturated carbocycles. The molecular formula is C11H13BrN2O. The molecule has 1 atom stereocenters. The van der Waals surface area contributed by atoms with Crippen LogP contribution in [-0.4, -0.2) is 18.3 Å². The zero-order valence-electron chi connectivity index (χ0n) is 8.50. The highest BCUT2D eigenvalue weighted by molar-refractivity contribution is 9.10. The Morgan fingerprint density at radius 2 is 2.33 bits per heavy atom. The van der Waals surface area contributed by atoms with E-state index in [1.807, 2.05) is 13.0 Å². The zero-order chi connectivity index (χ0) is 11.3. The van der Waals surface area contributed by atoms with Gasteiger partial charge in [0.05, 0.1) is 11.6 Å². The minimum atomic E-state index is 0.168. The number of hydrogen-bond donors (Lipinski definition) is 2. The first-order chi connectivity index (χ1) is 7.17. The third kappa shape index (κ3) is 3.54. The summed E-state index contributed by atoms with van der Waals surface area (Å²) in [7, 11) is 0. The number of anilines is 1. The van der Waals surface area contributed by atoms with Crippen molar-refractivity contribution in [1.29, 1.82) is 5.26 Å². The van der Waals surface area contributed by atoms with E-state index in [9.17, 15) is 0 Å². The number of halogens is 1. The molecule has 1 rings (SSSR count). The third-order valence-electron chi connectivity index (χ3n) is 2.05. The van der Waals surface area contributed by atoms with Crippen LogP contribution in [0.4, 0.5) is 5.69 Å². The van der Waals surface area contributed by atoms with Crippen molar-refractivity contribution in [2.24, 2.45) is 5.92 Å². The van der Waals surface area contributed by atoms with Crippen LogP contribution in [0.15, 0.2) is 22.7 Å². The van der Waals surface area contributed by atoms with E-state index >= 15 is 0 Å². The Kier molecular flexibility index (Phi) is 4.60. The predicted molar refractivity (Wildman–Crippen MR) is 63.6 cm³/mol. The summed E-state index contributed by atoms with van der Waals surface area (Å²) in [6, 6.07) is 7.46. The fraction of sp³-hybridized carbons (Fsp3) is 0.364. The maximum Gasteiger partial charge on any atom is 0.0992 e. The van der Waals surface area contributed by atoms with Crippen LogP contribution in [0.3, 0.4) is 0 Å². The van der Waals surface area contributed by atoms with E-state index in [2.05, 4.69) is 27.3 Å². The van der Waals surface area contributed by atoms with Crippen LogP contribution in [-0.2, 0) is 0 Å². The number of nitrogens with one attached hydrogen (secondary N) is 1. The fourth-order valence-corrected chi connectivity index (χ4v) is 1.60. The molecule has 0 fully saturated rings. The number of nitriles is 1. The van der Waals surface area contributed by atoms with Crippen molar-refractivity contribution in [1.82, 2.24) is 0 Å². The summed E-state index contributed by atoms with van der Waals surface area (Å²) < 4.78 is 0.867. The Labute approximate surface area is 97.9 Å². The lowest BCUT2D eigenvalue weighted by Crippen LogP contribution is -2.14. The van der Waals surface area contributed by atoms with Gasteiger partial charge in [-0.1, -0.05) is 6.92 Å². The summed E-state index contributed by atoms with van der Waals surface area (Å²) in [6.45, 7) is 2.84. The Morgan fingerprint density at radius 1 is 1.60 bits per heavy atom. The molecule has 2 N–H and O–H groups in total. The van der Waals surface area contributed by atoms with Crippen LogP contribution in [0, 0.1) is 17.2 Å². The average molecular weight is 269 g/mol. The summed E-state index contributed by atoms with van der Waals surface area (Å²) >= 11 is 3.38. The first-order valence-corrected chi connectivity index (χ1v) is 5.51. The van der Waals surface area contributed by atoms with Crippen molar-refractivity contribution in [2.75, 3.05) is 18.5 Å². The highest BCUT2D eigenvalue weighted by atomic mass is 79.9. The van der Waals surface area contributed by atoms with Crippen LogP contribution in [0.2, 0.25) is 0 Å². The van der Waals surface area contributed by atoms with E-state index in [1.54, 1.807) is 12.1 Å². The van der Waals surface area contributed by atoms with Crippen LogP contribution in [0.1, 0.15) is 12.5 Å². The van der Waals surface area contributed by atoms with E-state index < -0.39 is 0 Å². The normalized spacial score (nSPS) is 11.9. The summed E-state index contributed by atoms with van der Waals surface area (Å²) in [6.07, 6.45) is 0. The molecule has 1 aromatic carbocycles. The van der Waals surface area contributed by atoms with Gasteiger partial charge < -0.3 is 10.4 Å². The van der Waals surface area contributed by atoms with Crippen molar-refractivity contribution < 1.29 is 5.11 Å². The zero-order valence-corrected chi connectivity index (χ0v) is 10.1. The fourth-order valence-electron chi connectivity index (χ4n) is 1.08. The molecule has 0 saturated heterocycles. The van der Waals surface area contributed by atoms with Gasteiger partial charge in [0.2, 0.25) is 0 Å². The van der Waals surface area contributed by atoms with Gasteiger partial charge in [-0.25, -0.2) is 0 Å². The standard InChI is InChI=1S/C11H13BrN2O/c1-8(7-15)6-14-11-3-2-9(5-13)4-10(11)12/h2-4,8,14-15H,6-7H2,1H3. The van der Waals surface area contributed by atoms with Crippen molar-refractivity contribution in [3.05, 3.63) is 28.2 Å². The first kappa shape index (κ1) is 12.0. The number of aliphatic hydroxyl groups is 1. The minimum Gasteiger partial charge on any atom is -0.396 e. The molecule has 0 amide bonds. The Bertz CT molecular complexity index is 373. The molecule has 3 nitrogen and oxygen atoms in total. The highest BCUT2D eigenvalue weighted by Crippen LogP contribution is 2.23. The number of hydrogen-bond acceptors (Lipinski definition) is 3. The van der Waals surface area contributed by atoms with Crippen LogP contribution in [0.25, 0.3) is 0 Å². The topological polar surface area (TPSA) is 56.0 Å². The molecule has 0 aliphatic rings. The first-order valence-electron chi connectivity index (χ1n) is 4.71. The predicted octanol–water partition coefficient (Wildman–Crippen LogP) is 2.36. The molecule has 4 heteroatoms. The SMILES string of the molecule is CC(CO)CNc1ccc(C#N)cc1Br. The highest BCUT2D eigenvalue weighted by Gasteiger charge is 2.03. The number of nitrogens with zero attached hydrogens (tertiary/aromatic N) is 1. The average Bonchev–Trinajstić information content (AvgIpc) is 2.26.